The summed E-state index contributed by atoms with van der Waals surface area (Å²) in [4.78, 5) is 10.5. The molecule has 1 heterocycles. The Kier molecular flexibility index (Phi) is 3.47. The lowest BCUT2D eigenvalue weighted by atomic mass is 10.3. The van der Waals surface area contributed by atoms with Crippen molar-refractivity contribution in [1.29, 1.82) is 0 Å². The normalized spacial score (nSPS) is 11.1. The standard InChI is InChI=1S/C13H12N3O3P/c1-4-10-8-14-15(9-10)11-5-6-12(16(17)18)13(7-11)20(2,3)19/h1,5-9H,2-3H3. The Labute approximate surface area is 115 Å². The average Bonchev–Trinajstić information content (AvgIpc) is 2.85. The van der Waals surface area contributed by atoms with Crippen LogP contribution in [0.5, 0.6) is 0 Å². The molecule has 0 radical (unpaired) electrons. The number of nitrogens with zero attached hydrogens (tertiary/aromatic N) is 3. The Morgan fingerprint density at radius 1 is 1.45 bits per heavy atom. The van der Waals surface area contributed by atoms with Crippen LogP contribution in [0.25, 0.3) is 5.69 Å². The summed E-state index contributed by atoms with van der Waals surface area (Å²) in [5.41, 5.74) is 1.03. The van der Waals surface area contributed by atoms with Crippen LogP contribution in [0.2, 0.25) is 0 Å². The maximum atomic E-state index is 12.2. The van der Waals surface area contributed by atoms with E-state index >= 15 is 0 Å². The molecule has 1 aromatic heterocycles. The van der Waals surface area contributed by atoms with Crippen molar-refractivity contribution in [3.8, 4) is 18.0 Å². The van der Waals surface area contributed by atoms with Gasteiger partial charge < -0.3 is 4.57 Å². The molecular weight excluding hydrogens is 277 g/mol. The third-order valence-corrected chi connectivity index (χ3v) is 4.27. The van der Waals surface area contributed by atoms with Crippen LogP contribution in [-0.2, 0) is 4.57 Å². The van der Waals surface area contributed by atoms with Crippen molar-refractivity contribution in [3.63, 3.8) is 0 Å². The van der Waals surface area contributed by atoms with E-state index in [0.717, 1.165) is 0 Å². The van der Waals surface area contributed by atoms with E-state index in [1.165, 1.54) is 36.3 Å². The Morgan fingerprint density at radius 3 is 2.65 bits per heavy atom. The minimum Gasteiger partial charge on any atom is -0.319 e. The van der Waals surface area contributed by atoms with Crippen molar-refractivity contribution in [1.82, 2.24) is 9.78 Å². The molecule has 0 bridgehead atoms. The van der Waals surface area contributed by atoms with Crippen LogP contribution in [0.1, 0.15) is 5.56 Å². The number of rotatable bonds is 3. The van der Waals surface area contributed by atoms with Crippen LogP contribution in [0.15, 0.2) is 30.6 Å². The fourth-order valence-corrected chi connectivity index (χ4v) is 2.93. The number of benzene rings is 1. The average molecular weight is 289 g/mol. The lowest BCUT2D eigenvalue weighted by molar-refractivity contribution is -0.383. The molecule has 0 saturated heterocycles. The lowest BCUT2D eigenvalue weighted by Gasteiger charge is -2.10. The molecule has 7 heteroatoms. The number of hydrogen-bond donors (Lipinski definition) is 0. The first-order valence-electron chi connectivity index (χ1n) is 5.68. The zero-order valence-electron chi connectivity index (χ0n) is 11.0. The molecule has 0 unspecified atom stereocenters. The zero-order chi connectivity index (χ0) is 14.9. The molecule has 6 nitrogen and oxygen atoms in total. The highest BCUT2D eigenvalue weighted by molar-refractivity contribution is 7.70. The molecular formula is C13H12N3O3P. The van der Waals surface area contributed by atoms with Crippen molar-refractivity contribution in [3.05, 3.63) is 46.3 Å². The zero-order valence-corrected chi connectivity index (χ0v) is 11.9. The highest BCUT2D eigenvalue weighted by Gasteiger charge is 2.24. The summed E-state index contributed by atoms with van der Waals surface area (Å²) in [5.74, 6) is 2.45. The second kappa shape index (κ2) is 4.95. The second-order valence-electron chi connectivity index (χ2n) is 4.60. The van der Waals surface area contributed by atoms with Gasteiger partial charge in [-0.05, 0) is 25.5 Å². The first kappa shape index (κ1) is 14.0. The third kappa shape index (κ3) is 2.63. The molecule has 0 saturated carbocycles. The van der Waals surface area contributed by atoms with Crippen molar-refractivity contribution in [2.24, 2.45) is 0 Å². The summed E-state index contributed by atoms with van der Waals surface area (Å²) in [6.45, 7) is 2.99. The van der Waals surface area contributed by atoms with E-state index in [0.29, 0.717) is 11.3 Å². The first-order valence-corrected chi connectivity index (χ1v) is 8.28. The molecule has 1 aromatic carbocycles. The third-order valence-electron chi connectivity index (χ3n) is 2.75. The van der Waals surface area contributed by atoms with Gasteiger partial charge in [0.2, 0.25) is 0 Å². The van der Waals surface area contributed by atoms with Gasteiger partial charge >= 0.3 is 0 Å². The van der Waals surface area contributed by atoms with Gasteiger partial charge in [0.15, 0.2) is 0 Å². The van der Waals surface area contributed by atoms with Gasteiger partial charge in [-0.3, -0.25) is 10.1 Å². The molecule has 102 valence electrons. The van der Waals surface area contributed by atoms with Crippen LogP contribution in [0, 0.1) is 22.5 Å². The summed E-state index contributed by atoms with van der Waals surface area (Å²) in [7, 11) is -2.78. The van der Waals surface area contributed by atoms with E-state index in [4.69, 9.17) is 6.42 Å². The highest BCUT2D eigenvalue weighted by atomic mass is 31.2. The predicted octanol–water partition coefficient (Wildman–Crippen LogP) is 2.01. The van der Waals surface area contributed by atoms with Gasteiger partial charge in [0.25, 0.3) is 5.69 Å². The fraction of sp³-hybridized carbons (Fsp3) is 0.154. The van der Waals surface area contributed by atoms with E-state index in [9.17, 15) is 14.7 Å². The molecule has 0 fully saturated rings. The quantitative estimate of drug-likeness (QED) is 0.375. The van der Waals surface area contributed by atoms with Gasteiger partial charge in [-0.15, -0.1) is 6.42 Å². The van der Waals surface area contributed by atoms with E-state index < -0.39 is 12.1 Å². The summed E-state index contributed by atoms with van der Waals surface area (Å²) in [6.07, 6.45) is 8.41. The molecule has 2 rings (SSSR count). The number of nitro groups is 1. The predicted molar refractivity (Wildman–Crippen MR) is 77.2 cm³/mol. The van der Waals surface area contributed by atoms with E-state index in [1.807, 2.05) is 0 Å². The van der Waals surface area contributed by atoms with Gasteiger partial charge in [0.1, 0.15) is 7.14 Å². The maximum absolute atomic E-state index is 12.2. The second-order valence-corrected chi connectivity index (χ2v) is 7.78. The van der Waals surface area contributed by atoms with Crippen molar-refractivity contribution in [2.75, 3.05) is 13.3 Å². The van der Waals surface area contributed by atoms with Crippen LogP contribution in [0.3, 0.4) is 0 Å². The molecule has 20 heavy (non-hydrogen) atoms. The van der Waals surface area contributed by atoms with Crippen molar-refractivity contribution >= 4 is 18.1 Å². The summed E-state index contributed by atoms with van der Waals surface area (Å²) < 4.78 is 13.7. The molecule has 0 aliphatic rings. The van der Waals surface area contributed by atoms with E-state index in [1.54, 1.807) is 12.3 Å². The minimum absolute atomic E-state index is 0.147. The van der Waals surface area contributed by atoms with Gasteiger partial charge in [0.05, 0.1) is 27.7 Å². The van der Waals surface area contributed by atoms with Crippen molar-refractivity contribution < 1.29 is 9.49 Å². The van der Waals surface area contributed by atoms with Gasteiger partial charge in [-0.25, -0.2) is 4.68 Å². The Hall–Kier alpha value is -2.38. The van der Waals surface area contributed by atoms with E-state index in [-0.39, 0.29) is 11.0 Å². The number of terminal acetylenes is 1. The monoisotopic (exact) mass is 289 g/mol. The Bertz CT molecular complexity index is 767. The van der Waals surface area contributed by atoms with E-state index in [2.05, 4.69) is 11.0 Å². The van der Waals surface area contributed by atoms with Gasteiger partial charge in [-0.1, -0.05) is 5.92 Å². The minimum atomic E-state index is -2.78. The summed E-state index contributed by atoms with van der Waals surface area (Å²) in [6, 6.07) is 4.40. The number of hydrogen-bond acceptors (Lipinski definition) is 4. The molecule has 0 aliphatic carbocycles. The van der Waals surface area contributed by atoms with Crippen LogP contribution < -0.4 is 5.30 Å². The highest BCUT2D eigenvalue weighted by Crippen LogP contribution is 2.39. The van der Waals surface area contributed by atoms with Crippen LogP contribution in [-0.4, -0.2) is 28.0 Å². The SMILES string of the molecule is C#Cc1cnn(-c2ccc([N+](=O)[O-])c(P(C)(C)=O)c2)c1. The molecule has 0 N–H and O–H groups in total. The van der Waals surface area contributed by atoms with Crippen molar-refractivity contribution in [2.45, 2.75) is 0 Å². The first-order chi connectivity index (χ1) is 9.32. The van der Waals surface area contributed by atoms with Gasteiger partial charge in [0, 0.05) is 12.3 Å². The number of nitro benzene ring substituents is 1. The summed E-state index contributed by atoms with van der Waals surface area (Å²) >= 11 is 0. The molecule has 0 aliphatic heterocycles. The largest absolute Gasteiger partial charge is 0.319 e. The molecule has 0 atom stereocenters. The lowest BCUT2D eigenvalue weighted by Crippen LogP contribution is -2.11. The van der Waals surface area contributed by atoms with Crippen LogP contribution in [0.4, 0.5) is 5.69 Å². The smallest absolute Gasteiger partial charge is 0.280 e. The van der Waals surface area contributed by atoms with Crippen LogP contribution >= 0.6 is 7.14 Å². The number of aromatic nitrogens is 2. The topological polar surface area (TPSA) is 78.0 Å². The molecule has 2 aromatic rings. The maximum Gasteiger partial charge on any atom is 0.280 e. The summed E-state index contributed by atoms with van der Waals surface area (Å²) in [5, 5.41) is 15.3. The fourth-order valence-electron chi connectivity index (χ4n) is 1.78. The Balaban J connectivity index is 2.61. The van der Waals surface area contributed by atoms with Gasteiger partial charge in [-0.2, -0.15) is 5.10 Å². The molecule has 0 amide bonds. The molecule has 0 spiro atoms. The Morgan fingerprint density at radius 2 is 2.15 bits per heavy atom.